The molecule has 1 rings (SSSR count). The van der Waals surface area contributed by atoms with Crippen molar-refractivity contribution in [3.63, 3.8) is 0 Å². The van der Waals surface area contributed by atoms with Crippen molar-refractivity contribution >= 4 is 23.3 Å². The summed E-state index contributed by atoms with van der Waals surface area (Å²) in [4.78, 5) is 11.0. The fourth-order valence-corrected chi connectivity index (χ4v) is 1.32. The van der Waals surface area contributed by atoms with Gasteiger partial charge in [0.25, 0.3) is 0 Å². The molecular formula is C10H13ClN2O. The van der Waals surface area contributed by atoms with Crippen molar-refractivity contribution in [2.45, 2.75) is 13.3 Å². The Morgan fingerprint density at radius 1 is 1.50 bits per heavy atom. The molecule has 76 valence electrons. The second-order valence-electron chi connectivity index (χ2n) is 2.87. The standard InChI is InChI=1S/C10H13ClN2O/c1-3-7-4-5-9(8(11)6-7)13-10(14)12-2/h4-6H,3H2,1-2H3,(H2,12,13,14). The molecule has 1 aromatic rings. The number of hydrogen-bond donors (Lipinski definition) is 2. The molecule has 14 heavy (non-hydrogen) atoms. The predicted octanol–water partition coefficient (Wildman–Crippen LogP) is 2.65. The van der Waals surface area contributed by atoms with Crippen molar-refractivity contribution in [2.75, 3.05) is 12.4 Å². The van der Waals surface area contributed by atoms with Crippen molar-refractivity contribution in [3.8, 4) is 0 Å². The van der Waals surface area contributed by atoms with Crippen LogP contribution in [0, 0.1) is 0 Å². The summed E-state index contributed by atoms with van der Waals surface area (Å²) in [6.07, 6.45) is 0.931. The van der Waals surface area contributed by atoms with Crippen LogP contribution in [0.3, 0.4) is 0 Å². The van der Waals surface area contributed by atoms with Crippen LogP contribution in [-0.4, -0.2) is 13.1 Å². The average molecular weight is 213 g/mol. The third-order valence-corrected chi connectivity index (χ3v) is 2.23. The van der Waals surface area contributed by atoms with E-state index in [2.05, 4.69) is 17.6 Å². The fourth-order valence-electron chi connectivity index (χ4n) is 1.06. The van der Waals surface area contributed by atoms with E-state index in [4.69, 9.17) is 11.6 Å². The Balaban J connectivity index is 2.83. The van der Waals surface area contributed by atoms with E-state index in [1.54, 1.807) is 13.1 Å². The SMILES string of the molecule is CCc1ccc(NC(=O)NC)c(Cl)c1. The third-order valence-electron chi connectivity index (χ3n) is 1.92. The summed E-state index contributed by atoms with van der Waals surface area (Å²) in [5.41, 5.74) is 1.78. The van der Waals surface area contributed by atoms with Crippen molar-refractivity contribution in [1.29, 1.82) is 0 Å². The number of urea groups is 1. The zero-order valence-corrected chi connectivity index (χ0v) is 8.98. The molecule has 0 bridgehead atoms. The number of amides is 2. The van der Waals surface area contributed by atoms with Gasteiger partial charge in [0.05, 0.1) is 10.7 Å². The molecule has 4 heteroatoms. The Morgan fingerprint density at radius 2 is 2.21 bits per heavy atom. The van der Waals surface area contributed by atoms with Gasteiger partial charge in [0, 0.05) is 7.05 Å². The number of halogens is 1. The maximum Gasteiger partial charge on any atom is 0.319 e. The molecule has 0 spiro atoms. The van der Waals surface area contributed by atoms with E-state index in [0.29, 0.717) is 10.7 Å². The molecule has 0 aliphatic carbocycles. The van der Waals surface area contributed by atoms with Crippen molar-refractivity contribution < 1.29 is 4.79 Å². The highest BCUT2D eigenvalue weighted by molar-refractivity contribution is 6.33. The first kappa shape index (κ1) is 10.9. The van der Waals surface area contributed by atoms with Crippen LogP contribution in [0.25, 0.3) is 0 Å². The molecule has 0 unspecified atom stereocenters. The molecule has 0 aliphatic rings. The Hall–Kier alpha value is -1.22. The molecule has 1 aromatic carbocycles. The zero-order chi connectivity index (χ0) is 10.6. The lowest BCUT2D eigenvalue weighted by atomic mass is 10.1. The lowest BCUT2D eigenvalue weighted by Crippen LogP contribution is -2.24. The van der Waals surface area contributed by atoms with Crippen molar-refractivity contribution in [2.24, 2.45) is 0 Å². The lowest BCUT2D eigenvalue weighted by Gasteiger charge is -2.07. The number of rotatable bonds is 2. The smallest absolute Gasteiger partial charge is 0.319 e. The minimum atomic E-state index is -0.267. The summed E-state index contributed by atoms with van der Waals surface area (Å²) in [5.74, 6) is 0. The number of carbonyl (C=O) groups is 1. The maximum atomic E-state index is 11.0. The molecule has 0 fully saturated rings. The molecule has 2 amide bonds. The normalized spacial score (nSPS) is 9.64. The van der Waals surface area contributed by atoms with E-state index < -0.39 is 0 Å². The maximum absolute atomic E-state index is 11.0. The molecule has 0 atom stereocenters. The first-order valence-electron chi connectivity index (χ1n) is 4.44. The average Bonchev–Trinajstić information content (AvgIpc) is 2.20. The highest BCUT2D eigenvalue weighted by atomic mass is 35.5. The van der Waals surface area contributed by atoms with E-state index in [0.717, 1.165) is 12.0 Å². The van der Waals surface area contributed by atoms with Gasteiger partial charge >= 0.3 is 6.03 Å². The molecule has 0 heterocycles. The minimum Gasteiger partial charge on any atom is -0.341 e. The van der Waals surface area contributed by atoms with Crippen molar-refractivity contribution in [1.82, 2.24) is 5.32 Å². The molecule has 0 radical (unpaired) electrons. The summed E-state index contributed by atoms with van der Waals surface area (Å²) in [7, 11) is 1.56. The fraction of sp³-hybridized carbons (Fsp3) is 0.300. The molecule has 0 saturated carbocycles. The van der Waals surface area contributed by atoms with Crippen LogP contribution in [0.15, 0.2) is 18.2 Å². The number of anilines is 1. The summed E-state index contributed by atoms with van der Waals surface area (Å²) in [5, 5.41) is 5.65. The monoisotopic (exact) mass is 212 g/mol. The highest BCUT2D eigenvalue weighted by Crippen LogP contribution is 2.22. The van der Waals surface area contributed by atoms with E-state index in [1.165, 1.54) is 0 Å². The lowest BCUT2D eigenvalue weighted by molar-refractivity contribution is 0.254. The van der Waals surface area contributed by atoms with Crippen LogP contribution >= 0.6 is 11.6 Å². The summed E-state index contributed by atoms with van der Waals surface area (Å²) in [6, 6.07) is 5.33. The van der Waals surface area contributed by atoms with Crippen molar-refractivity contribution in [3.05, 3.63) is 28.8 Å². The van der Waals surface area contributed by atoms with Crippen LogP contribution < -0.4 is 10.6 Å². The summed E-state index contributed by atoms with van der Waals surface area (Å²) in [6.45, 7) is 2.05. The van der Waals surface area contributed by atoms with E-state index in [-0.39, 0.29) is 6.03 Å². The van der Waals surface area contributed by atoms with Gasteiger partial charge in [0.1, 0.15) is 0 Å². The van der Waals surface area contributed by atoms with Crippen LogP contribution in [0.2, 0.25) is 5.02 Å². The number of aryl methyl sites for hydroxylation is 1. The van der Waals surface area contributed by atoms with Crippen LogP contribution in [0.1, 0.15) is 12.5 Å². The van der Waals surface area contributed by atoms with Crippen LogP contribution in [0.5, 0.6) is 0 Å². The Kier molecular flexibility index (Phi) is 3.77. The first-order chi connectivity index (χ1) is 6.67. The second kappa shape index (κ2) is 4.86. The Bertz CT molecular complexity index is 339. The van der Waals surface area contributed by atoms with Gasteiger partial charge < -0.3 is 10.6 Å². The van der Waals surface area contributed by atoms with Crippen LogP contribution in [-0.2, 0) is 6.42 Å². The van der Waals surface area contributed by atoms with Gasteiger partial charge in [-0.15, -0.1) is 0 Å². The molecule has 3 nitrogen and oxygen atoms in total. The first-order valence-corrected chi connectivity index (χ1v) is 4.82. The molecule has 0 aliphatic heterocycles. The van der Waals surface area contributed by atoms with Crippen LogP contribution in [0.4, 0.5) is 10.5 Å². The van der Waals surface area contributed by atoms with Gasteiger partial charge in [0.2, 0.25) is 0 Å². The van der Waals surface area contributed by atoms with E-state index in [1.807, 2.05) is 12.1 Å². The topological polar surface area (TPSA) is 41.1 Å². The molecule has 0 aromatic heterocycles. The number of carbonyl (C=O) groups excluding carboxylic acids is 1. The highest BCUT2D eigenvalue weighted by Gasteiger charge is 2.03. The van der Waals surface area contributed by atoms with Gasteiger partial charge in [0.15, 0.2) is 0 Å². The summed E-state index contributed by atoms with van der Waals surface area (Å²) < 4.78 is 0. The zero-order valence-electron chi connectivity index (χ0n) is 8.23. The minimum absolute atomic E-state index is 0.267. The predicted molar refractivity (Wildman–Crippen MR) is 58.9 cm³/mol. The van der Waals surface area contributed by atoms with Gasteiger partial charge in [-0.3, -0.25) is 0 Å². The second-order valence-corrected chi connectivity index (χ2v) is 3.28. The third kappa shape index (κ3) is 2.64. The quantitative estimate of drug-likeness (QED) is 0.778. The molecule has 0 saturated heterocycles. The largest absolute Gasteiger partial charge is 0.341 e. The van der Waals surface area contributed by atoms with Gasteiger partial charge in [-0.25, -0.2) is 4.79 Å². The van der Waals surface area contributed by atoms with Gasteiger partial charge in [-0.1, -0.05) is 24.6 Å². The molecular weight excluding hydrogens is 200 g/mol. The van der Waals surface area contributed by atoms with E-state index in [9.17, 15) is 4.79 Å². The Morgan fingerprint density at radius 3 is 2.71 bits per heavy atom. The summed E-state index contributed by atoms with van der Waals surface area (Å²) >= 11 is 5.97. The van der Waals surface area contributed by atoms with Gasteiger partial charge in [-0.05, 0) is 24.1 Å². The number of nitrogens with one attached hydrogen (secondary N) is 2. The number of hydrogen-bond acceptors (Lipinski definition) is 1. The Labute approximate surface area is 88.5 Å². The van der Waals surface area contributed by atoms with Gasteiger partial charge in [-0.2, -0.15) is 0 Å². The number of benzene rings is 1. The molecule has 2 N–H and O–H groups in total. The van der Waals surface area contributed by atoms with E-state index >= 15 is 0 Å².